The molecule has 1 N–H and O–H groups in total. The van der Waals surface area contributed by atoms with Crippen molar-refractivity contribution in [2.75, 3.05) is 0 Å². The first-order chi connectivity index (χ1) is 14.5. The minimum Gasteiger partial charge on any atom is -0.481 e. The monoisotopic (exact) mass is 499 g/mol. The van der Waals surface area contributed by atoms with E-state index in [4.69, 9.17) is 0 Å². The van der Waals surface area contributed by atoms with Crippen molar-refractivity contribution in [2.45, 2.75) is 77.4 Å². The highest BCUT2D eigenvalue weighted by Gasteiger charge is 2.34. The van der Waals surface area contributed by atoms with Gasteiger partial charge in [-0.05, 0) is 84.1 Å². The van der Waals surface area contributed by atoms with E-state index >= 15 is 0 Å². The lowest BCUT2D eigenvalue weighted by Gasteiger charge is -2.30. The Hall–Kier alpha value is -1.76. The van der Waals surface area contributed by atoms with Crippen LogP contribution in [0, 0.1) is 12.8 Å². The Morgan fingerprint density at radius 3 is 2.42 bits per heavy atom. The second-order valence-corrected chi connectivity index (χ2v) is 9.72. The zero-order valence-electron chi connectivity index (χ0n) is 18.1. The van der Waals surface area contributed by atoms with Gasteiger partial charge in [0.05, 0.1) is 18.0 Å². The predicted octanol–water partition coefficient (Wildman–Crippen LogP) is 7.50. The molecular formula is C24H29BrF3NO2. The van der Waals surface area contributed by atoms with Crippen LogP contribution in [0.25, 0.3) is 0 Å². The predicted molar refractivity (Wildman–Crippen MR) is 118 cm³/mol. The van der Waals surface area contributed by atoms with Crippen molar-refractivity contribution < 1.29 is 23.1 Å². The summed E-state index contributed by atoms with van der Waals surface area (Å²) in [5, 5.41) is 9.47. The lowest BCUT2D eigenvalue weighted by Crippen LogP contribution is -2.22. The van der Waals surface area contributed by atoms with Gasteiger partial charge in [0, 0.05) is 21.8 Å². The third kappa shape index (κ3) is 5.18. The molecule has 0 bridgehead atoms. The lowest BCUT2D eigenvalue weighted by molar-refractivity contribution is -0.138. The molecule has 1 unspecified atom stereocenters. The van der Waals surface area contributed by atoms with E-state index in [2.05, 4.69) is 34.3 Å². The van der Waals surface area contributed by atoms with Crippen LogP contribution in [0.1, 0.15) is 86.0 Å². The number of carbonyl (C=O) groups is 1. The zero-order valence-corrected chi connectivity index (χ0v) is 19.7. The quantitative estimate of drug-likeness (QED) is 0.428. The van der Waals surface area contributed by atoms with Crippen LogP contribution in [0.15, 0.2) is 28.7 Å². The number of nitrogens with zero attached hydrogens (tertiary/aromatic N) is 1. The Balaban J connectivity index is 2.13. The Morgan fingerprint density at radius 1 is 1.23 bits per heavy atom. The molecule has 0 spiro atoms. The van der Waals surface area contributed by atoms with Gasteiger partial charge in [-0.3, -0.25) is 4.79 Å². The fraction of sp³-hybridized carbons (Fsp3) is 0.542. The zero-order chi connectivity index (χ0) is 22.9. The number of hydrogen-bond acceptors (Lipinski definition) is 1. The van der Waals surface area contributed by atoms with E-state index in [1.165, 1.54) is 0 Å². The molecule has 170 valence electrons. The first-order valence-electron chi connectivity index (χ1n) is 10.8. The Kier molecular flexibility index (Phi) is 7.24. The molecule has 1 aliphatic carbocycles. The Labute approximate surface area is 189 Å². The summed E-state index contributed by atoms with van der Waals surface area (Å²) in [6, 6.07) is 5.30. The molecule has 3 rings (SSSR count). The van der Waals surface area contributed by atoms with Gasteiger partial charge in [0.15, 0.2) is 0 Å². The number of aliphatic carboxylic acids is 1. The molecular weight excluding hydrogens is 471 g/mol. The van der Waals surface area contributed by atoms with Crippen LogP contribution >= 0.6 is 15.9 Å². The van der Waals surface area contributed by atoms with Crippen molar-refractivity contribution in [1.29, 1.82) is 0 Å². The van der Waals surface area contributed by atoms with Crippen molar-refractivity contribution in [3.05, 3.63) is 56.8 Å². The Morgan fingerprint density at radius 2 is 1.87 bits per heavy atom. The summed E-state index contributed by atoms with van der Waals surface area (Å²) in [7, 11) is 0. The van der Waals surface area contributed by atoms with Crippen LogP contribution in [0.3, 0.4) is 0 Å². The van der Waals surface area contributed by atoms with Crippen LogP contribution < -0.4 is 0 Å². The van der Waals surface area contributed by atoms with E-state index in [1.807, 2.05) is 6.92 Å². The van der Waals surface area contributed by atoms with E-state index in [-0.39, 0.29) is 18.4 Å². The summed E-state index contributed by atoms with van der Waals surface area (Å²) in [5.41, 5.74) is 3.36. The molecule has 0 saturated heterocycles. The lowest BCUT2D eigenvalue weighted by atomic mass is 9.85. The van der Waals surface area contributed by atoms with Gasteiger partial charge in [0.2, 0.25) is 0 Å². The summed E-state index contributed by atoms with van der Waals surface area (Å²) in [6.45, 7) is 6.27. The topological polar surface area (TPSA) is 42.2 Å². The molecule has 1 heterocycles. The van der Waals surface area contributed by atoms with Gasteiger partial charge >= 0.3 is 12.1 Å². The maximum Gasteiger partial charge on any atom is 0.416 e. The first-order valence-corrected chi connectivity index (χ1v) is 11.6. The molecule has 1 aromatic heterocycles. The number of carboxylic acids is 1. The number of fused-ring (bicyclic) bond motifs is 1. The second kappa shape index (κ2) is 9.39. The van der Waals surface area contributed by atoms with Gasteiger partial charge in [0.1, 0.15) is 0 Å². The van der Waals surface area contributed by atoms with Gasteiger partial charge in [0.25, 0.3) is 0 Å². The molecule has 2 aromatic rings. The van der Waals surface area contributed by atoms with Gasteiger partial charge in [-0.1, -0.05) is 26.0 Å². The van der Waals surface area contributed by atoms with Crippen molar-refractivity contribution in [3.8, 4) is 0 Å². The minimum absolute atomic E-state index is 0.0623. The number of hydrogen-bond donors (Lipinski definition) is 1. The summed E-state index contributed by atoms with van der Waals surface area (Å²) >= 11 is 3.72. The summed E-state index contributed by atoms with van der Waals surface area (Å²) < 4.78 is 42.5. The van der Waals surface area contributed by atoms with E-state index in [9.17, 15) is 23.1 Å². The molecule has 0 aliphatic heterocycles. The summed E-state index contributed by atoms with van der Waals surface area (Å²) in [4.78, 5) is 11.5. The maximum absolute atomic E-state index is 13.1. The number of rotatable bonds is 7. The molecule has 1 aromatic carbocycles. The molecule has 0 fully saturated rings. The molecule has 1 aliphatic rings. The molecule has 7 heteroatoms. The fourth-order valence-corrected chi connectivity index (χ4v) is 5.34. The smallest absolute Gasteiger partial charge is 0.416 e. The molecule has 31 heavy (non-hydrogen) atoms. The van der Waals surface area contributed by atoms with Gasteiger partial charge < -0.3 is 9.67 Å². The van der Waals surface area contributed by atoms with Crippen LogP contribution in [0.5, 0.6) is 0 Å². The van der Waals surface area contributed by atoms with Crippen molar-refractivity contribution in [3.63, 3.8) is 0 Å². The SMILES string of the molecule is Cc1c(Br)c2c(n1[C@H](CCC(C)C)c1ccc(C(F)(F)F)cc1)C(CC(=O)O)CCC2. The van der Waals surface area contributed by atoms with Gasteiger partial charge in [-0.15, -0.1) is 0 Å². The average Bonchev–Trinajstić information content (AvgIpc) is 2.93. The molecule has 0 saturated carbocycles. The number of alkyl halides is 3. The maximum atomic E-state index is 13.1. The number of aromatic nitrogens is 1. The third-order valence-corrected chi connectivity index (χ3v) is 7.30. The fourth-order valence-electron chi connectivity index (χ4n) is 4.75. The normalized spacial score (nSPS) is 17.6. The van der Waals surface area contributed by atoms with E-state index in [1.54, 1.807) is 12.1 Å². The van der Waals surface area contributed by atoms with Gasteiger partial charge in [-0.2, -0.15) is 13.2 Å². The van der Waals surface area contributed by atoms with E-state index in [0.717, 1.165) is 71.2 Å². The number of halogens is 4. The minimum atomic E-state index is -4.37. The highest BCUT2D eigenvalue weighted by atomic mass is 79.9. The van der Waals surface area contributed by atoms with E-state index < -0.39 is 17.7 Å². The van der Waals surface area contributed by atoms with Crippen LogP contribution in [0.4, 0.5) is 13.2 Å². The number of benzene rings is 1. The third-order valence-electron chi connectivity index (χ3n) is 6.25. The van der Waals surface area contributed by atoms with Crippen LogP contribution in [-0.2, 0) is 17.4 Å². The molecule has 2 atom stereocenters. The summed E-state index contributed by atoms with van der Waals surface area (Å²) in [5.74, 6) is -0.475. The first kappa shape index (κ1) is 23.9. The average molecular weight is 500 g/mol. The second-order valence-electron chi connectivity index (χ2n) is 8.93. The van der Waals surface area contributed by atoms with Crippen molar-refractivity contribution >= 4 is 21.9 Å². The Bertz CT molecular complexity index is 932. The highest BCUT2D eigenvalue weighted by molar-refractivity contribution is 9.10. The van der Waals surface area contributed by atoms with E-state index in [0.29, 0.717) is 5.92 Å². The van der Waals surface area contributed by atoms with Gasteiger partial charge in [-0.25, -0.2) is 0 Å². The van der Waals surface area contributed by atoms with Crippen LogP contribution in [-0.4, -0.2) is 15.6 Å². The van der Waals surface area contributed by atoms with Crippen molar-refractivity contribution in [1.82, 2.24) is 4.57 Å². The highest BCUT2D eigenvalue weighted by Crippen LogP contribution is 2.44. The summed E-state index contributed by atoms with van der Waals surface area (Å²) in [6.07, 6.45) is 0.000259. The van der Waals surface area contributed by atoms with Crippen molar-refractivity contribution in [2.24, 2.45) is 5.92 Å². The largest absolute Gasteiger partial charge is 0.481 e. The molecule has 0 amide bonds. The standard InChI is InChI=1S/C24H29BrF3NO2/c1-14(2)7-12-20(16-8-10-18(11-9-16)24(26,27)28)29-15(3)22(25)19-6-4-5-17(23(19)29)13-21(30)31/h8-11,14,17,20H,4-7,12-13H2,1-3H3,(H,30,31)/t17?,20-/m1/s1. The number of carboxylic acid groups (broad SMARTS) is 1. The molecule has 0 radical (unpaired) electrons. The molecule has 3 nitrogen and oxygen atoms in total. The van der Waals surface area contributed by atoms with Crippen LogP contribution in [0.2, 0.25) is 0 Å².